The molecule has 0 saturated carbocycles. The first-order valence-corrected chi connectivity index (χ1v) is 8.28. The Morgan fingerprint density at radius 1 is 1.08 bits per heavy atom. The molecule has 0 aromatic heterocycles. The number of rotatable bonds is 8. The van der Waals surface area contributed by atoms with Crippen LogP contribution in [0.1, 0.15) is 5.56 Å². The summed E-state index contributed by atoms with van der Waals surface area (Å²) in [5.41, 5.74) is 1.80. The molecule has 0 radical (unpaired) electrons. The van der Waals surface area contributed by atoms with Gasteiger partial charge in [-0.15, -0.1) is 0 Å². The minimum Gasteiger partial charge on any atom is -0.491 e. The predicted octanol–water partition coefficient (Wildman–Crippen LogP) is 3.80. The molecular formula is C18H20BrNO4. The molecule has 0 unspecified atom stereocenters. The van der Waals surface area contributed by atoms with Crippen molar-refractivity contribution < 1.29 is 19.0 Å². The molecule has 1 N–H and O–H groups in total. The second-order valence-corrected chi connectivity index (χ2v) is 5.99. The lowest BCUT2D eigenvalue weighted by molar-refractivity contribution is -0.118. The van der Waals surface area contributed by atoms with Gasteiger partial charge in [-0.25, -0.2) is 0 Å². The number of benzene rings is 2. The molecule has 2 aromatic rings. The zero-order valence-electron chi connectivity index (χ0n) is 13.7. The van der Waals surface area contributed by atoms with Gasteiger partial charge in [0.1, 0.15) is 18.1 Å². The van der Waals surface area contributed by atoms with Gasteiger partial charge in [-0.2, -0.15) is 0 Å². The van der Waals surface area contributed by atoms with Gasteiger partial charge in [0.15, 0.2) is 6.61 Å². The summed E-state index contributed by atoms with van der Waals surface area (Å²) in [4.78, 5) is 12.0. The second kappa shape index (κ2) is 9.30. The van der Waals surface area contributed by atoms with Gasteiger partial charge in [0.05, 0.1) is 11.1 Å². The summed E-state index contributed by atoms with van der Waals surface area (Å²) in [5, 5.41) is 2.78. The van der Waals surface area contributed by atoms with Crippen LogP contribution in [0.4, 0.5) is 5.69 Å². The van der Waals surface area contributed by atoms with Crippen molar-refractivity contribution in [1.29, 1.82) is 0 Å². The standard InChI is InChI=1S/C18H20BrNO4/c1-13-3-8-17(16(19)11-13)24-12-18(21)20-14-4-6-15(7-5-14)23-10-9-22-2/h3-8,11H,9-10,12H2,1-2H3,(H,20,21). The molecule has 0 aliphatic carbocycles. The first kappa shape index (κ1) is 18.3. The molecule has 0 heterocycles. The number of carbonyl (C=O) groups excluding carboxylic acids is 1. The fourth-order valence-electron chi connectivity index (χ4n) is 1.94. The number of nitrogens with one attached hydrogen (secondary N) is 1. The number of anilines is 1. The molecule has 0 spiro atoms. The molecule has 0 bridgehead atoms. The maximum absolute atomic E-state index is 12.0. The number of amides is 1. The highest BCUT2D eigenvalue weighted by atomic mass is 79.9. The molecule has 0 aliphatic rings. The quantitative estimate of drug-likeness (QED) is 0.692. The van der Waals surface area contributed by atoms with E-state index in [0.29, 0.717) is 24.7 Å². The summed E-state index contributed by atoms with van der Waals surface area (Å²) in [6.07, 6.45) is 0. The largest absolute Gasteiger partial charge is 0.491 e. The Balaban J connectivity index is 1.81. The SMILES string of the molecule is COCCOc1ccc(NC(=O)COc2ccc(C)cc2Br)cc1. The number of hydrogen-bond donors (Lipinski definition) is 1. The Morgan fingerprint density at radius 2 is 1.83 bits per heavy atom. The first-order chi connectivity index (χ1) is 11.6. The lowest BCUT2D eigenvalue weighted by Crippen LogP contribution is -2.20. The average Bonchev–Trinajstić information content (AvgIpc) is 2.56. The van der Waals surface area contributed by atoms with Crippen molar-refractivity contribution in [2.75, 3.05) is 32.2 Å². The highest BCUT2D eigenvalue weighted by Gasteiger charge is 2.06. The molecule has 0 atom stereocenters. The maximum atomic E-state index is 12.0. The molecule has 2 aromatic carbocycles. The highest BCUT2D eigenvalue weighted by molar-refractivity contribution is 9.10. The van der Waals surface area contributed by atoms with E-state index in [1.54, 1.807) is 31.4 Å². The van der Waals surface area contributed by atoms with Crippen LogP contribution in [0.2, 0.25) is 0 Å². The lowest BCUT2D eigenvalue weighted by Gasteiger charge is -2.10. The van der Waals surface area contributed by atoms with E-state index in [-0.39, 0.29) is 12.5 Å². The van der Waals surface area contributed by atoms with Gasteiger partial charge < -0.3 is 19.5 Å². The lowest BCUT2D eigenvalue weighted by atomic mass is 10.2. The Bertz CT molecular complexity index is 673. The molecule has 5 nitrogen and oxygen atoms in total. The van der Waals surface area contributed by atoms with Crippen LogP contribution in [0.3, 0.4) is 0 Å². The Kier molecular flexibility index (Phi) is 7.08. The van der Waals surface area contributed by atoms with Crippen LogP contribution in [0, 0.1) is 6.92 Å². The zero-order valence-corrected chi connectivity index (χ0v) is 15.3. The molecule has 0 fully saturated rings. The van der Waals surface area contributed by atoms with Crippen molar-refractivity contribution in [2.45, 2.75) is 6.92 Å². The maximum Gasteiger partial charge on any atom is 0.262 e. The van der Waals surface area contributed by atoms with Crippen LogP contribution in [0.25, 0.3) is 0 Å². The molecule has 2 rings (SSSR count). The Hall–Kier alpha value is -2.05. The van der Waals surface area contributed by atoms with Crippen LogP contribution in [0.15, 0.2) is 46.9 Å². The topological polar surface area (TPSA) is 56.8 Å². The van der Waals surface area contributed by atoms with Gasteiger partial charge >= 0.3 is 0 Å². The molecule has 0 aliphatic heterocycles. The zero-order chi connectivity index (χ0) is 17.4. The number of ether oxygens (including phenoxy) is 3. The van der Waals surface area contributed by atoms with Gasteiger partial charge in [-0.3, -0.25) is 4.79 Å². The van der Waals surface area contributed by atoms with Gasteiger partial charge in [0, 0.05) is 12.8 Å². The minimum atomic E-state index is -0.226. The van der Waals surface area contributed by atoms with E-state index in [4.69, 9.17) is 14.2 Å². The third-order valence-corrected chi connectivity index (χ3v) is 3.76. The van der Waals surface area contributed by atoms with Crippen LogP contribution < -0.4 is 14.8 Å². The van der Waals surface area contributed by atoms with Crippen molar-refractivity contribution in [3.05, 3.63) is 52.5 Å². The number of methoxy groups -OCH3 is 1. The predicted molar refractivity (Wildman–Crippen MR) is 96.8 cm³/mol. The van der Waals surface area contributed by atoms with Crippen molar-refractivity contribution in [3.63, 3.8) is 0 Å². The van der Waals surface area contributed by atoms with Crippen molar-refractivity contribution in [2.24, 2.45) is 0 Å². The van der Waals surface area contributed by atoms with E-state index in [2.05, 4.69) is 21.2 Å². The average molecular weight is 394 g/mol. The van der Waals surface area contributed by atoms with Crippen molar-refractivity contribution in [3.8, 4) is 11.5 Å². The van der Waals surface area contributed by atoms with Gasteiger partial charge in [0.25, 0.3) is 5.91 Å². The number of halogens is 1. The summed E-state index contributed by atoms with van der Waals surface area (Å²) in [6, 6.07) is 12.9. The van der Waals surface area contributed by atoms with Gasteiger partial charge in [-0.05, 0) is 64.8 Å². The molecule has 1 amide bonds. The Labute approximate surface area is 150 Å². The van der Waals surface area contributed by atoms with E-state index in [0.717, 1.165) is 15.8 Å². The summed E-state index contributed by atoms with van der Waals surface area (Å²) in [5.74, 6) is 1.14. The monoisotopic (exact) mass is 393 g/mol. The van der Waals surface area contributed by atoms with Gasteiger partial charge in [-0.1, -0.05) is 6.07 Å². The summed E-state index contributed by atoms with van der Waals surface area (Å²) in [6.45, 7) is 2.95. The van der Waals surface area contributed by atoms with Gasteiger partial charge in [0.2, 0.25) is 0 Å². The molecule has 128 valence electrons. The van der Waals surface area contributed by atoms with Crippen LogP contribution in [-0.2, 0) is 9.53 Å². The van der Waals surface area contributed by atoms with E-state index in [9.17, 15) is 4.79 Å². The molecule has 0 saturated heterocycles. The molecule has 6 heteroatoms. The number of aryl methyl sites for hydroxylation is 1. The normalized spacial score (nSPS) is 10.3. The summed E-state index contributed by atoms with van der Waals surface area (Å²) in [7, 11) is 1.62. The van der Waals surface area contributed by atoms with Crippen molar-refractivity contribution >= 4 is 27.5 Å². The fraction of sp³-hybridized carbons (Fsp3) is 0.278. The highest BCUT2D eigenvalue weighted by Crippen LogP contribution is 2.25. The summed E-state index contributed by atoms with van der Waals surface area (Å²) < 4.78 is 16.7. The van der Waals surface area contributed by atoms with Crippen molar-refractivity contribution in [1.82, 2.24) is 0 Å². The van der Waals surface area contributed by atoms with E-state index < -0.39 is 0 Å². The molecular weight excluding hydrogens is 374 g/mol. The van der Waals surface area contributed by atoms with Crippen LogP contribution in [0.5, 0.6) is 11.5 Å². The molecule has 24 heavy (non-hydrogen) atoms. The van der Waals surface area contributed by atoms with Crippen LogP contribution >= 0.6 is 15.9 Å². The van der Waals surface area contributed by atoms with E-state index in [1.165, 1.54) is 0 Å². The first-order valence-electron chi connectivity index (χ1n) is 7.49. The third kappa shape index (κ3) is 5.86. The number of hydrogen-bond acceptors (Lipinski definition) is 4. The summed E-state index contributed by atoms with van der Waals surface area (Å²) >= 11 is 3.42. The second-order valence-electron chi connectivity index (χ2n) is 5.14. The Morgan fingerprint density at radius 3 is 2.50 bits per heavy atom. The minimum absolute atomic E-state index is 0.0618. The van der Waals surface area contributed by atoms with Crippen LogP contribution in [-0.4, -0.2) is 32.8 Å². The number of carbonyl (C=O) groups is 1. The third-order valence-electron chi connectivity index (χ3n) is 3.14. The van der Waals surface area contributed by atoms with E-state index >= 15 is 0 Å². The fourth-order valence-corrected chi connectivity index (χ4v) is 2.55. The smallest absolute Gasteiger partial charge is 0.262 e. The van der Waals surface area contributed by atoms with E-state index in [1.807, 2.05) is 25.1 Å².